The first-order valence-corrected chi connectivity index (χ1v) is 5.65. The summed E-state index contributed by atoms with van der Waals surface area (Å²) in [6.07, 6.45) is 3.05. The van der Waals surface area contributed by atoms with Gasteiger partial charge in [0.2, 0.25) is 0 Å². The largest absolute Gasteiger partial charge is 0.367 e. The third-order valence-electron chi connectivity index (χ3n) is 3.21. The van der Waals surface area contributed by atoms with Crippen LogP contribution in [0, 0.1) is 0 Å². The number of aldehydes is 1. The molecule has 1 aliphatic heterocycles. The Morgan fingerprint density at radius 1 is 1.44 bits per heavy atom. The van der Waals surface area contributed by atoms with Gasteiger partial charge in [-0.05, 0) is 30.9 Å². The zero-order chi connectivity index (χ0) is 11.4. The number of hydrogen-bond donors (Lipinski definition) is 1. The molecular formula is C13H17NO2. The first kappa shape index (κ1) is 11.3. The van der Waals surface area contributed by atoms with E-state index in [1.54, 1.807) is 7.11 Å². The second kappa shape index (κ2) is 5.23. The summed E-state index contributed by atoms with van der Waals surface area (Å²) in [7, 11) is 1.71. The molecule has 0 bridgehead atoms. The molecule has 1 heterocycles. The lowest BCUT2D eigenvalue weighted by molar-refractivity contribution is 0.0452. The molecule has 2 atom stereocenters. The first-order valence-electron chi connectivity index (χ1n) is 5.65. The maximum Gasteiger partial charge on any atom is 0.150 e. The number of hydrogen-bond acceptors (Lipinski definition) is 3. The topological polar surface area (TPSA) is 38.3 Å². The molecule has 2 unspecified atom stereocenters. The van der Waals surface area contributed by atoms with Crippen molar-refractivity contribution in [3.63, 3.8) is 0 Å². The van der Waals surface area contributed by atoms with Crippen LogP contribution in [0.5, 0.6) is 0 Å². The summed E-state index contributed by atoms with van der Waals surface area (Å²) < 4.78 is 5.32. The third kappa shape index (κ3) is 2.31. The smallest absolute Gasteiger partial charge is 0.150 e. The summed E-state index contributed by atoms with van der Waals surface area (Å²) in [4.78, 5) is 11.0. The van der Waals surface area contributed by atoms with E-state index in [1.165, 1.54) is 0 Å². The molecule has 1 saturated heterocycles. The van der Waals surface area contributed by atoms with Crippen LogP contribution in [0.3, 0.4) is 0 Å². The molecule has 16 heavy (non-hydrogen) atoms. The van der Waals surface area contributed by atoms with Gasteiger partial charge >= 0.3 is 0 Å². The monoisotopic (exact) mass is 219 g/mol. The van der Waals surface area contributed by atoms with E-state index in [0.717, 1.165) is 36.8 Å². The number of rotatable bonds is 3. The Hall–Kier alpha value is -1.19. The van der Waals surface area contributed by atoms with E-state index in [-0.39, 0.29) is 6.23 Å². The predicted molar refractivity (Wildman–Crippen MR) is 62.6 cm³/mol. The van der Waals surface area contributed by atoms with Crippen LogP contribution in [0.25, 0.3) is 0 Å². The standard InChI is InChI=1S/C13H17NO2/c1-16-13-8-10(6-7-14-13)12-5-3-2-4-11(12)9-15/h2-5,9-10,13-14H,6-8H2,1H3. The van der Waals surface area contributed by atoms with Crippen LogP contribution in [0.15, 0.2) is 24.3 Å². The predicted octanol–water partition coefficient (Wildman–Crippen LogP) is 1.94. The van der Waals surface area contributed by atoms with E-state index in [2.05, 4.69) is 5.32 Å². The summed E-state index contributed by atoms with van der Waals surface area (Å²) in [6, 6.07) is 7.83. The fourth-order valence-corrected chi connectivity index (χ4v) is 2.33. The zero-order valence-electron chi connectivity index (χ0n) is 9.48. The van der Waals surface area contributed by atoms with Gasteiger partial charge in [0.25, 0.3) is 0 Å². The van der Waals surface area contributed by atoms with Gasteiger partial charge in [-0.1, -0.05) is 24.3 Å². The van der Waals surface area contributed by atoms with Crippen LogP contribution < -0.4 is 5.32 Å². The maximum atomic E-state index is 11.0. The molecule has 0 spiro atoms. The quantitative estimate of drug-likeness (QED) is 0.789. The summed E-state index contributed by atoms with van der Waals surface area (Å²) in [6.45, 7) is 0.941. The van der Waals surface area contributed by atoms with Crippen LogP contribution in [0.4, 0.5) is 0 Å². The van der Waals surface area contributed by atoms with Gasteiger partial charge in [0.1, 0.15) is 12.5 Å². The molecule has 0 aliphatic carbocycles. The molecule has 1 aromatic carbocycles. The lowest BCUT2D eigenvalue weighted by Crippen LogP contribution is -2.38. The highest BCUT2D eigenvalue weighted by atomic mass is 16.5. The highest BCUT2D eigenvalue weighted by molar-refractivity contribution is 5.77. The van der Waals surface area contributed by atoms with Crippen LogP contribution >= 0.6 is 0 Å². The molecule has 0 aromatic heterocycles. The highest BCUT2D eigenvalue weighted by Crippen LogP contribution is 2.29. The summed E-state index contributed by atoms with van der Waals surface area (Å²) >= 11 is 0. The average Bonchev–Trinajstić information content (AvgIpc) is 2.38. The number of piperidine rings is 1. The van der Waals surface area contributed by atoms with E-state index in [4.69, 9.17) is 4.74 Å². The van der Waals surface area contributed by atoms with Crippen molar-refractivity contribution >= 4 is 6.29 Å². The maximum absolute atomic E-state index is 11.0. The van der Waals surface area contributed by atoms with Gasteiger partial charge in [-0.15, -0.1) is 0 Å². The lowest BCUT2D eigenvalue weighted by Gasteiger charge is -2.30. The van der Waals surface area contributed by atoms with Crippen molar-refractivity contribution < 1.29 is 9.53 Å². The van der Waals surface area contributed by atoms with E-state index >= 15 is 0 Å². The minimum absolute atomic E-state index is 0.110. The van der Waals surface area contributed by atoms with Gasteiger partial charge in [0, 0.05) is 12.7 Å². The fourth-order valence-electron chi connectivity index (χ4n) is 2.33. The summed E-state index contributed by atoms with van der Waals surface area (Å²) in [5.41, 5.74) is 1.96. The Morgan fingerprint density at radius 2 is 2.25 bits per heavy atom. The van der Waals surface area contributed by atoms with Crippen LogP contribution in [-0.2, 0) is 4.74 Å². The molecule has 0 radical (unpaired) electrons. The van der Waals surface area contributed by atoms with E-state index in [0.29, 0.717) is 5.92 Å². The Kier molecular flexibility index (Phi) is 3.70. The minimum Gasteiger partial charge on any atom is -0.367 e. The average molecular weight is 219 g/mol. The second-order valence-electron chi connectivity index (χ2n) is 4.15. The Balaban J connectivity index is 2.19. The van der Waals surface area contributed by atoms with Crippen LogP contribution in [0.2, 0.25) is 0 Å². The molecule has 0 saturated carbocycles. The number of carbonyl (C=O) groups is 1. The van der Waals surface area contributed by atoms with Crippen molar-refractivity contribution in [2.75, 3.05) is 13.7 Å². The second-order valence-corrected chi connectivity index (χ2v) is 4.15. The Morgan fingerprint density at radius 3 is 3.00 bits per heavy atom. The zero-order valence-corrected chi connectivity index (χ0v) is 9.48. The van der Waals surface area contributed by atoms with E-state index in [1.807, 2.05) is 24.3 Å². The summed E-state index contributed by atoms with van der Waals surface area (Å²) in [5.74, 6) is 0.424. The third-order valence-corrected chi connectivity index (χ3v) is 3.21. The van der Waals surface area contributed by atoms with Gasteiger partial charge in [-0.25, -0.2) is 0 Å². The van der Waals surface area contributed by atoms with Crippen molar-refractivity contribution in [1.29, 1.82) is 0 Å². The molecule has 2 rings (SSSR count). The first-order chi connectivity index (χ1) is 7.85. The number of methoxy groups -OCH3 is 1. The van der Waals surface area contributed by atoms with Crippen molar-refractivity contribution in [2.45, 2.75) is 25.0 Å². The molecule has 3 nitrogen and oxygen atoms in total. The van der Waals surface area contributed by atoms with Gasteiger partial charge < -0.3 is 4.74 Å². The Bertz CT molecular complexity index is 365. The molecule has 86 valence electrons. The highest BCUT2D eigenvalue weighted by Gasteiger charge is 2.23. The molecule has 1 fully saturated rings. The molecule has 3 heteroatoms. The van der Waals surface area contributed by atoms with Gasteiger partial charge in [0.05, 0.1) is 0 Å². The molecule has 0 amide bonds. The molecular weight excluding hydrogens is 202 g/mol. The van der Waals surface area contributed by atoms with E-state index in [9.17, 15) is 4.79 Å². The Labute approximate surface area is 95.8 Å². The number of carbonyl (C=O) groups excluding carboxylic acids is 1. The molecule has 1 N–H and O–H groups in total. The normalized spacial score (nSPS) is 25.3. The fraction of sp³-hybridized carbons (Fsp3) is 0.462. The van der Waals surface area contributed by atoms with E-state index < -0.39 is 0 Å². The van der Waals surface area contributed by atoms with Crippen molar-refractivity contribution in [3.05, 3.63) is 35.4 Å². The number of ether oxygens (including phenoxy) is 1. The van der Waals surface area contributed by atoms with Crippen molar-refractivity contribution in [1.82, 2.24) is 5.32 Å². The van der Waals surface area contributed by atoms with Crippen LogP contribution in [0.1, 0.15) is 34.7 Å². The van der Waals surface area contributed by atoms with Crippen LogP contribution in [-0.4, -0.2) is 26.2 Å². The van der Waals surface area contributed by atoms with Gasteiger partial charge in [-0.3, -0.25) is 10.1 Å². The SMILES string of the molecule is COC1CC(c2ccccc2C=O)CCN1. The van der Waals surface area contributed by atoms with Gasteiger partial charge in [0.15, 0.2) is 0 Å². The lowest BCUT2D eigenvalue weighted by atomic mass is 9.87. The van der Waals surface area contributed by atoms with Crippen molar-refractivity contribution in [3.8, 4) is 0 Å². The minimum atomic E-state index is 0.110. The molecule has 1 aromatic rings. The van der Waals surface area contributed by atoms with Gasteiger partial charge in [-0.2, -0.15) is 0 Å². The number of nitrogens with one attached hydrogen (secondary N) is 1. The number of benzene rings is 1. The molecule has 1 aliphatic rings. The summed E-state index contributed by atoms with van der Waals surface area (Å²) in [5, 5.41) is 3.30. The van der Waals surface area contributed by atoms with Crippen molar-refractivity contribution in [2.24, 2.45) is 0 Å².